The van der Waals surface area contributed by atoms with Crippen LogP contribution in [0.15, 0.2) is 42.5 Å². The van der Waals surface area contributed by atoms with E-state index in [0.29, 0.717) is 5.95 Å². The van der Waals surface area contributed by atoms with Crippen LogP contribution in [-0.2, 0) is 0 Å². The van der Waals surface area contributed by atoms with E-state index >= 15 is 0 Å². The van der Waals surface area contributed by atoms with Gasteiger partial charge in [0, 0.05) is 22.1 Å². The largest absolute Gasteiger partial charge is 0.366 e. The molecule has 26 heavy (non-hydrogen) atoms. The highest BCUT2D eigenvalue weighted by Gasteiger charge is 2.21. The molecular formula is C21H25ClN4. The summed E-state index contributed by atoms with van der Waals surface area (Å²) in [6.45, 7) is 10.8. The summed E-state index contributed by atoms with van der Waals surface area (Å²) in [6.07, 6.45) is 0. The normalized spacial score (nSPS) is 12.8. The number of para-hydroxylation sites is 1. The Hall–Kier alpha value is -2.33. The smallest absolute Gasteiger partial charge is 0.229 e. The van der Waals surface area contributed by atoms with Gasteiger partial charge in [-0.05, 0) is 49.1 Å². The lowest BCUT2D eigenvalue weighted by Crippen LogP contribution is -2.31. The SMILES string of the molecule is Cc1ccc(Nc2nc(N[C@H](C)C(C)(C)C)c3ccccc3n2)cc1Cl. The highest BCUT2D eigenvalue weighted by molar-refractivity contribution is 6.31. The molecule has 0 spiro atoms. The molecule has 2 N–H and O–H groups in total. The molecular weight excluding hydrogens is 344 g/mol. The van der Waals surface area contributed by atoms with Crippen molar-refractivity contribution in [3.8, 4) is 0 Å². The van der Waals surface area contributed by atoms with Crippen molar-refractivity contribution in [1.29, 1.82) is 0 Å². The number of hydrogen-bond acceptors (Lipinski definition) is 4. The molecule has 0 unspecified atom stereocenters. The van der Waals surface area contributed by atoms with Gasteiger partial charge < -0.3 is 10.6 Å². The predicted octanol–water partition coefficient (Wildman–Crippen LogP) is 6.18. The van der Waals surface area contributed by atoms with Crippen LogP contribution in [0.4, 0.5) is 17.5 Å². The number of benzene rings is 2. The third-order valence-electron chi connectivity index (χ3n) is 4.68. The van der Waals surface area contributed by atoms with Gasteiger partial charge in [0.25, 0.3) is 0 Å². The molecule has 0 bridgehead atoms. The molecule has 0 aliphatic rings. The van der Waals surface area contributed by atoms with E-state index in [4.69, 9.17) is 16.6 Å². The van der Waals surface area contributed by atoms with Crippen LogP contribution < -0.4 is 10.6 Å². The third kappa shape index (κ3) is 4.07. The van der Waals surface area contributed by atoms with Crippen LogP contribution in [0.2, 0.25) is 5.02 Å². The summed E-state index contributed by atoms with van der Waals surface area (Å²) in [4.78, 5) is 9.37. The predicted molar refractivity (Wildman–Crippen MR) is 112 cm³/mol. The summed E-state index contributed by atoms with van der Waals surface area (Å²) in [5.74, 6) is 1.38. The number of nitrogens with one attached hydrogen (secondary N) is 2. The van der Waals surface area contributed by atoms with Crippen molar-refractivity contribution in [1.82, 2.24) is 9.97 Å². The molecule has 3 rings (SSSR count). The molecule has 0 saturated carbocycles. The summed E-state index contributed by atoms with van der Waals surface area (Å²) in [6, 6.07) is 14.1. The minimum Gasteiger partial charge on any atom is -0.366 e. The molecule has 1 atom stereocenters. The fraction of sp³-hybridized carbons (Fsp3) is 0.333. The Morgan fingerprint density at radius 1 is 1.04 bits per heavy atom. The van der Waals surface area contributed by atoms with E-state index in [9.17, 15) is 0 Å². The van der Waals surface area contributed by atoms with Crippen LogP contribution in [0.1, 0.15) is 33.3 Å². The molecule has 5 heteroatoms. The van der Waals surface area contributed by atoms with E-state index in [2.05, 4.69) is 43.3 Å². The van der Waals surface area contributed by atoms with Gasteiger partial charge in [0.2, 0.25) is 5.95 Å². The van der Waals surface area contributed by atoms with Gasteiger partial charge in [-0.15, -0.1) is 0 Å². The van der Waals surface area contributed by atoms with E-state index in [-0.39, 0.29) is 11.5 Å². The van der Waals surface area contributed by atoms with Crippen LogP contribution in [0, 0.1) is 12.3 Å². The standard InChI is InChI=1S/C21H25ClN4/c1-13-10-11-15(12-17(13)22)24-20-25-18-9-7-6-8-16(18)19(26-20)23-14(2)21(3,4)5/h6-12,14H,1-5H3,(H2,23,24,25,26)/t14-/m1/s1. The maximum absolute atomic E-state index is 6.23. The monoisotopic (exact) mass is 368 g/mol. The van der Waals surface area contributed by atoms with Crippen LogP contribution in [0.3, 0.4) is 0 Å². The first kappa shape index (κ1) is 18.5. The third-order valence-corrected chi connectivity index (χ3v) is 5.09. The highest BCUT2D eigenvalue weighted by Crippen LogP contribution is 2.28. The molecule has 3 aromatic rings. The maximum atomic E-state index is 6.23. The molecule has 0 aliphatic heterocycles. The second-order valence-electron chi connectivity index (χ2n) is 7.73. The average Bonchev–Trinajstić information content (AvgIpc) is 2.57. The zero-order chi connectivity index (χ0) is 18.9. The van der Waals surface area contributed by atoms with Crippen molar-refractivity contribution in [3.63, 3.8) is 0 Å². The van der Waals surface area contributed by atoms with Crippen molar-refractivity contribution in [2.24, 2.45) is 5.41 Å². The highest BCUT2D eigenvalue weighted by atomic mass is 35.5. The number of halogens is 1. The Morgan fingerprint density at radius 3 is 2.46 bits per heavy atom. The first-order valence-corrected chi connectivity index (χ1v) is 9.18. The van der Waals surface area contributed by atoms with Gasteiger partial charge in [-0.3, -0.25) is 0 Å². The number of fused-ring (bicyclic) bond motifs is 1. The van der Waals surface area contributed by atoms with Crippen molar-refractivity contribution in [2.75, 3.05) is 10.6 Å². The summed E-state index contributed by atoms with van der Waals surface area (Å²) in [5, 5.41) is 8.55. The quantitative estimate of drug-likeness (QED) is 0.577. The number of rotatable bonds is 4. The van der Waals surface area contributed by atoms with Crippen LogP contribution in [0.5, 0.6) is 0 Å². The number of aromatic nitrogens is 2. The zero-order valence-electron chi connectivity index (χ0n) is 15.9. The average molecular weight is 369 g/mol. The molecule has 0 fully saturated rings. The molecule has 0 radical (unpaired) electrons. The van der Waals surface area contributed by atoms with E-state index in [1.165, 1.54) is 0 Å². The van der Waals surface area contributed by atoms with Gasteiger partial charge >= 0.3 is 0 Å². The Kier molecular flexibility index (Phi) is 5.05. The van der Waals surface area contributed by atoms with E-state index in [0.717, 1.165) is 33.0 Å². The van der Waals surface area contributed by atoms with Crippen LogP contribution in [0.25, 0.3) is 10.9 Å². The summed E-state index contributed by atoms with van der Waals surface area (Å²) < 4.78 is 0. The lowest BCUT2D eigenvalue weighted by molar-refractivity contribution is 0.359. The molecule has 0 aliphatic carbocycles. The van der Waals surface area contributed by atoms with Crippen molar-refractivity contribution in [2.45, 2.75) is 40.7 Å². The van der Waals surface area contributed by atoms with Gasteiger partial charge in [0.1, 0.15) is 5.82 Å². The zero-order valence-corrected chi connectivity index (χ0v) is 16.6. The van der Waals surface area contributed by atoms with Gasteiger partial charge in [-0.2, -0.15) is 4.98 Å². The van der Waals surface area contributed by atoms with Gasteiger partial charge in [0.15, 0.2) is 0 Å². The van der Waals surface area contributed by atoms with Gasteiger partial charge in [0.05, 0.1) is 5.52 Å². The van der Waals surface area contributed by atoms with Crippen LogP contribution >= 0.6 is 11.6 Å². The Bertz CT molecular complexity index is 931. The Morgan fingerprint density at radius 2 is 1.77 bits per heavy atom. The molecule has 0 amide bonds. The van der Waals surface area contributed by atoms with E-state index in [1.807, 2.05) is 49.4 Å². The molecule has 1 aromatic heterocycles. The number of hydrogen-bond donors (Lipinski definition) is 2. The topological polar surface area (TPSA) is 49.8 Å². The first-order chi connectivity index (χ1) is 12.2. The lowest BCUT2D eigenvalue weighted by Gasteiger charge is -2.29. The number of aryl methyl sites for hydroxylation is 1. The fourth-order valence-corrected chi connectivity index (χ4v) is 2.64. The Balaban J connectivity index is 1.99. The molecule has 2 aromatic carbocycles. The van der Waals surface area contributed by atoms with Gasteiger partial charge in [-0.1, -0.05) is 50.6 Å². The number of anilines is 3. The second kappa shape index (κ2) is 7.12. The first-order valence-electron chi connectivity index (χ1n) is 8.80. The molecule has 0 saturated heterocycles. The summed E-state index contributed by atoms with van der Waals surface area (Å²) in [7, 11) is 0. The second-order valence-corrected chi connectivity index (χ2v) is 8.14. The Labute approximate surface area is 160 Å². The molecule has 4 nitrogen and oxygen atoms in total. The summed E-state index contributed by atoms with van der Waals surface area (Å²) >= 11 is 6.23. The van der Waals surface area contributed by atoms with Crippen molar-refractivity contribution in [3.05, 3.63) is 53.1 Å². The minimum absolute atomic E-state index is 0.115. The minimum atomic E-state index is 0.115. The van der Waals surface area contributed by atoms with E-state index in [1.54, 1.807) is 0 Å². The van der Waals surface area contributed by atoms with E-state index < -0.39 is 0 Å². The lowest BCUT2D eigenvalue weighted by atomic mass is 9.88. The maximum Gasteiger partial charge on any atom is 0.229 e. The van der Waals surface area contributed by atoms with Gasteiger partial charge in [-0.25, -0.2) is 4.98 Å². The van der Waals surface area contributed by atoms with Crippen LogP contribution in [-0.4, -0.2) is 16.0 Å². The van der Waals surface area contributed by atoms with Crippen molar-refractivity contribution >= 4 is 40.0 Å². The van der Waals surface area contributed by atoms with Crippen molar-refractivity contribution < 1.29 is 0 Å². The molecule has 1 heterocycles. The number of nitrogens with zero attached hydrogens (tertiary/aromatic N) is 2. The molecule has 136 valence electrons. The summed E-state index contributed by atoms with van der Waals surface area (Å²) in [5.41, 5.74) is 2.92. The fourth-order valence-electron chi connectivity index (χ4n) is 2.46.